The molecule has 84 valence electrons. The van der Waals surface area contributed by atoms with Crippen molar-refractivity contribution in [3.63, 3.8) is 0 Å². The molecule has 0 spiro atoms. The highest BCUT2D eigenvalue weighted by molar-refractivity contribution is 5.85. The molecule has 0 saturated carbocycles. The Labute approximate surface area is 97.5 Å². The number of aryl methyl sites for hydroxylation is 2. The molecule has 0 aliphatic rings. The van der Waals surface area contributed by atoms with Crippen molar-refractivity contribution in [3.8, 4) is 5.75 Å². The van der Waals surface area contributed by atoms with Crippen LogP contribution in [0.2, 0.25) is 0 Å². The molecule has 0 amide bonds. The molecule has 0 heterocycles. The molecule has 1 aromatic rings. The van der Waals surface area contributed by atoms with Crippen LogP contribution in [0.3, 0.4) is 0 Å². The number of rotatable bonds is 3. The Balaban J connectivity index is 0.00000196. The summed E-state index contributed by atoms with van der Waals surface area (Å²) in [5.41, 5.74) is 9.17. The molecule has 2 nitrogen and oxygen atoms in total. The van der Waals surface area contributed by atoms with E-state index in [1.54, 1.807) is 13.2 Å². The molecule has 0 aromatic heterocycles. The van der Waals surface area contributed by atoms with Crippen molar-refractivity contribution in [2.24, 2.45) is 5.73 Å². The summed E-state index contributed by atoms with van der Waals surface area (Å²) in [6, 6.07) is 3.98. The maximum Gasteiger partial charge on any atom is 0.124 e. The minimum Gasteiger partial charge on any atom is -0.496 e. The van der Waals surface area contributed by atoms with Crippen molar-refractivity contribution in [1.29, 1.82) is 0 Å². The zero-order chi connectivity index (χ0) is 10.7. The van der Waals surface area contributed by atoms with Gasteiger partial charge in [0.05, 0.1) is 7.11 Å². The highest BCUT2D eigenvalue weighted by Gasteiger charge is 2.08. The second-order valence-electron chi connectivity index (χ2n) is 3.45. The molecule has 1 atom stereocenters. The van der Waals surface area contributed by atoms with Crippen LogP contribution in [0.4, 0.5) is 0 Å². The minimum absolute atomic E-state index is 0. The van der Waals surface area contributed by atoms with E-state index < -0.39 is 0 Å². The van der Waals surface area contributed by atoms with Gasteiger partial charge in [-0.05, 0) is 30.5 Å². The summed E-state index contributed by atoms with van der Waals surface area (Å²) in [6.07, 6.45) is 1.74. The van der Waals surface area contributed by atoms with Crippen LogP contribution in [-0.4, -0.2) is 7.11 Å². The molecule has 0 radical (unpaired) electrons. The fourth-order valence-electron chi connectivity index (χ4n) is 1.63. The zero-order valence-electron chi connectivity index (χ0n) is 9.41. The van der Waals surface area contributed by atoms with Gasteiger partial charge in [0.2, 0.25) is 0 Å². The summed E-state index contributed by atoms with van der Waals surface area (Å²) < 4.78 is 5.28. The molecular formula is C12H18ClNO. The molecule has 0 aliphatic carbocycles. The van der Waals surface area contributed by atoms with E-state index in [1.807, 2.05) is 26.0 Å². The Morgan fingerprint density at radius 3 is 2.13 bits per heavy atom. The summed E-state index contributed by atoms with van der Waals surface area (Å²) in [4.78, 5) is 0. The first-order chi connectivity index (χ1) is 6.60. The van der Waals surface area contributed by atoms with E-state index in [0.717, 1.165) is 22.4 Å². The maximum atomic E-state index is 5.86. The Morgan fingerprint density at radius 2 is 1.80 bits per heavy atom. The summed E-state index contributed by atoms with van der Waals surface area (Å²) in [6.45, 7) is 7.72. The van der Waals surface area contributed by atoms with Gasteiger partial charge in [-0.3, -0.25) is 0 Å². The molecule has 1 rings (SSSR count). The van der Waals surface area contributed by atoms with Gasteiger partial charge in [-0.15, -0.1) is 19.0 Å². The quantitative estimate of drug-likeness (QED) is 0.806. The highest BCUT2D eigenvalue weighted by Crippen LogP contribution is 2.26. The van der Waals surface area contributed by atoms with Crippen LogP contribution in [0.5, 0.6) is 5.75 Å². The van der Waals surface area contributed by atoms with Crippen LogP contribution < -0.4 is 10.5 Å². The normalized spacial score (nSPS) is 11.5. The van der Waals surface area contributed by atoms with Crippen LogP contribution in [0.1, 0.15) is 22.7 Å². The minimum atomic E-state index is -0.0988. The van der Waals surface area contributed by atoms with E-state index >= 15 is 0 Å². The van der Waals surface area contributed by atoms with Gasteiger partial charge in [0.25, 0.3) is 0 Å². The Kier molecular flexibility index (Phi) is 5.40. The predicted molar refractivity (Wildman–Crippen MR) is 66.8 cm³/mol. The highest BCUT2D eigenvalue weighted by atomic mass is 35.5. The van der Waals surface area contributed by atoms with Gasteiger partial charge < -0.3 is 10.5 Å². The Bertz CT molecular complexity index is 326. The first-order valence-corrected chi connectivity index (χ1v) is 4.63. The third-order valence-electron chi connectivity index (χ3n) is 2.33. The van der Waals surface area contributed by atoms with Crippen LogP contribution >= 0.6 is 12.4 Å². The smallest absolute Gasteiger partial charge is 0.124 e. The van der Waals surface area contributed by atoms with E-state index in [2.05, 4.69) is 6.58 Å². The monoisotopic (exact) mass is 227 g/mol. The number of hydrogen-bond acceptors (Lipinski definition) is 2. The van der Waals surface area contributed by atoms with Crippen molar-refractivity contribution in [3.05, 3.63) is 41.5 Å². The summed E-state index contributed by atoms with van der Waals surface area (Å²) in [7, 11) is 1.68. The van der Waals surface area contributed by atoms with Gasteiger partial charge in [0.15, 0.2) is 0 Å². The molecule has 2 N–H and O–H groups in total. The molecular weight excluding hydrogens is 210 g/mol. The number of methoxy groups -OCH3 is 1. The Morgan fingerprint density at radius 1 is 1.33 bits per heavy atom. The number of halogens is 1. The molecule has 15 heavy (non-hydrogen) atoms. The fourth-order valence-corrected chi connectivity index (χ4v) is 1.63. The van der Waals surface area contributed by atoms with Gasteiger partial charge in [-0.1, -0.05) is 18.2 Å². The van der Waals surface area contributed by atoms with Crippen molar-refractivity contribution < 1.29 is 4.74 Å². The van der Waals surface area contributed by atoms with E-state index in [4.69, 9.17) is 10.5 Å². The van der Waals surface area contributed by atoms with E-state index in [0.29, 0.717) is 0 Å². The number of ether oxygens (including phenoxy) is 1. The second-order valence-corrected chi connectivity index (χ2v) is 3.45. The van der Waals surface area contributed by atoms with Crippen LogP contribution in [0.25, 0.3) is 0 Å². The summed E-state index contributed by atoms with van der Waals surface area (Å²) in [5.74, 6) is 0.935. The third kappa shape index (κ3) is 2.98. The van der Waals surface area contributed by atoms with Gasteiger partial charge in [0.1, 0.15) is 5.75 Å². The van der Waals surface area contributed by atoms with Crippen LogP contribution in [-0.2, 0) is 0 Å². The average molecular weight is 228 g/mol. The first kappa shape index (κ1) is 14.0. The van der Waals surface area contributed by atoms with Crippen LogP contribution in [0.15, 0.2) is 24.8 Å². The first-order valence-electron chi connectivity index (χ1n) is 4.63. The molecule has 3 heteroatoms. The largest absolute Gasteiger partial charge is 0.496 e. The number of benzene rings is 1. The van der Waals surface area contributed by atoms with Crippen LogP contribution in [0, 0.1) is 13.8 Å². The van der Waals surface area contributed by atoms with Crippen molar-refractivity contribution in [1.82, 2.24) is 0 Å². The summed E-state index contributed by atoms with van der Waals surface area (Å²) in [5, 5.41) is 0. The topological polar surface area (TPSA) is 35.2 Å². The maximum absolute atomic E-state index is 5.86. The number of hydrogen-bond donors (Lipinski definition) is 1. The van der Waals surface area contributed by atoms with Gasteiger partial charge in [0, 0.05) is 6.04 Å². The average Bonchev–Trinajstić information content (AvgIpc) is 2.16. The molecule has 0 unspecified atom stereocenters. The van der Waals surface area contributed by atoms with Crippen molar-refractivity contribution in [2.45, 2.75) is 19.9 Å². The van der Waals surface area contributed by atoms with E-state index in [9.17, 15) is 0 Å². The Hall–Kier alpha value is -0.990. The van der Waals surface area contributed by atoms with Crippen molar-refractivity contribution >= 4 is 12.4 Å². The molecule has 0 fully saturated rings. The zero-order valence-corrected chi connectivity index (χ0v) is 10.2. The molecule has 0 aliphatic heterocycles. The third-order valence-corrected chi connectivity index (χ3v) is 2.33. The van der Waals surface area contributed by atoms with Gasteiger partial charge in [-0.2, -0.15) is 0 Å². The fraction of sp³-hybridized carbons (Fsp3) is 0.333. The van der Waals surface area contributed by atoms with Gasteiger partial charge >= 0.3 is 0 Å². The van der Waals surface area contributed by atoms with Crippen molar-refractivity contribution in [2.75, 3.05) is 7.11 Å². The van der Waals surface area contributed by atoms with E-state index in [1.165, 1.54) is 0 Å². The standard InChI is InChI=1S/C12H17NO.ClH/c1-5-11(13)10-6-8(2)12(14-4)9(3)7-10;/h5-7,11H,1,13H2,2-4H3;1H/t11-;/m1./s1. The second kappa shape index (κ2) is 5.79. The molecule has 0 saturated heterocycles. The van der Waals surface area contributed by atoms with E-state index in [-0.39, 0.29) is 18.4 Å². The predicted octanol–water partition coefficient (Wildman–Crippen LogP) is 2.92. The lowest BCUT2D eigenvalue weighted by atomic mass is 10.0. The SMILES string of the molecule is C=C[C@@H](N)c1cc(C)c(OC)c(C)c1.Cl. The summed E-state index contributed by atoms with van der Waals surface area (Å²) >= 11 is 0. The lowest BCUT2D eigenvalue weighted by Gasteiger charge is -2.13. The van der Waals surface area contributed by atoms with Gasteiger partial charge in [-0.25, -0.2) is 0 Å². The molecule has 0 bridgehead atoms. The number of nitrogens with two attached hydrogens (primary N) is 1. The lowest BCUT2D eigenvalue weighted by molar-refractivity contribution is 0.408. The molecule has 1 aromatic carbocycles. The lowest BCUT2D eigenvalue weighted by Crippen LogP contribution is -2.07.